The Balaban J connectivity index is 1.52. The summed E-state index contributed by atoms with van der Waals surface area (Å²) < 4.78 is 0. The van der Waals surface area contributed by atoms with E-state index in [9.17, 15) is 14.4 Å². The van der Waals surface area contributed by atoms with E-state index in [0.29, 0.717) is 19.6 Å². The molecule has 2 N–H and O–H groups in total. The van der Waals surface area contributed by atoms with Crippen LogP contribution in [0.15, 0.2) is 30.3 Å². The van der Waals surface area contributed by atoms with Crippen LogP contribution >= 0.6 is 0 Å². The summed E-state index contributed by atoms with van der Waals surface area (Å²) in [6, 6.07) is 9.10. The molecule has 140 valence electrons. The fourth-order valence-corrected chi connectivity index (χ4v) is 3.50. The largest absolute Gasteiger partial charge is 0.326 e. The van der Waals surface area contributed by atoms with Crippen LogP contribution < -0.4 is 10.6 Å². The maximum atomic E-state index is 12.5. The molecule has 0 aliphatic carbocycles. The zero-order chi connectivity index (χ0) is 18.7. The summed E-state index contributed by atoms with van der Waals surface area (Å²) in [4.78, 5) is 40.1. The number of anilines is 1. The zero-order valence-corrected chi connectivity index (χ0v) is 15.3. The summed E-state index contributed by atoms with van der Waals surface area (Å²) in [5, 5.41) is 5.65. The predicted molar refractivity (Wildman–Crippen MR) is 98.6 cm³/mol. The molecular formula is C19H26N4O3. The van der Waals surface area contributed by atoms with Crippen molar-refractivity contribution in [2.24, 2.45) is 5.92 Å². The van der Waals surface area contributed by atoms with Gasteiger partial charge in [0.25, 0.3) is 5.91 Å². The van der Waals surface area contributed by atoms with E-state index in [2.05, 4.69) is 15.5 Å². The number of benzene rings is 1. The van der Waals surface area contributed by atoms with E-state index < -0.39 is 5.54 Å². The SMILES string of the molecule is CC1(C)NC(=O)N(CCN2CCCC(C(=O)Nc3ccccc3)C2)C1=O. The molecule has 7 nitrogen and oxygen atoms in total. The predicted octanol–water partition coefficient (Wildman–Crippen LogP) is 1.67. The minimum atomic E-state index is -0.836. The van der Waals surface area contributed by atoms with E-state index >= 15 is 0 Å². The van der Waals surface area contributed by atoms with E-state index in [4.69, 9.17) is 0 Å². The summed E-state index contributed by atoms with van der Waals surface area (Å²) in [5.41, 5.74) is -0.0342. The first kappa shape index (κ1) is 18.4. The highest BCUT2D eigenvalue weighted by Gasteiger charge is 2.44. The highest BCUT2D eigenvalue weighted by molar-refractivity contribution is 6.06. The van der Waals surface area contributed by atoms with Crippen LogP contribution in [0.25, 0.3) is 0 Å². The van der Waals surface area contributed by atoms with Crippen LogP contribution in [-0.4, -0.2) is 59.4 Å². The van der Waals surface area contributed by atoms with Gasteiger partial charge in [-0.3, -0.25) is 14.5 Å². The van der Waals surface area contributed by atoms with Crippen LogP contribution in [-0.2, 0) is 9.59 Å². The van der Waals surface area contributed by atoms with Crippen LogP contribution in [0, 0.1) is 5.92 Å². The molecule has 2 heterocycles. The van der Waals surface area contributed by atoms with Gasteiger partial charge >= 0.3 is 6.03 Å². The van der Waals surface area contributed by atoms with Crippen LogP contribution in [0.2, 0.25) is 0 Å². The van der Waals surface area contributed by atoms with Crippen molar-refractivity contribution in [1.29, 1.82) is 0 Å². The Morgan fingerprint density at radius 3 is 2.62 bits per heavy atom. The Bertz CT molecular complexity index is 689. The van der Waals surface area contributed by atoms with Crippen molar-refractivity contribution in [2.75, 3.05) is 31.5 Å². The first-order valence-corrected chi connectivity index (χ1v) is 9.09. The van der Waals surface area contributed by atoms with Gasteiger partial charge < -0.3 is 15.5 Å². The second kappa shape index (κ2) is 7.45. The van der Waals surface area contributed by atoms with E-state index in [1.54, 1.807) is 13.8 Å². The second-order valence-corrected chi connectivity index (χ2v) is 7.51. The molecule has 1 aromatic rings. The number of urea groups is 1. The Morgan fingerprint density at radius 2 is 1.96 bits per heavy atom. The number of piperidine rings is 1. The molecule has 0 saturated carbocycles. The molecule has 2 fully saturated rings. The molecule has 2 aliphatic rings. The van der Waals surface area contributed by atoms with Gasteiger partial charge in [0, 0.05) is 25.3 Å². The average molecular weight is 358 g/mol. The second-order valence-electron chi connectivity index (χ2n) is 7.51. The molecular weight excluding hydrogens is 332 g/mol. The zero-order valence-electron chi connectivity index (χ0n) is 15.3. The molecule has 0 radical (unpaired) electrons. The molecule has 1 aromatic carbocycles. The number of imide groups is 1. The molecule has 4 amide bonds. The van der Waals surface area contributed by atoms with Crippen LogP contribution in [0.3, 0.4) is 0 Å². The van der Waals surface area contributed by atoms with Gasteiger partial charge in [0.1, 0.15) is 5.54 Å². The van der Waals surface area contributed by atoms with E-state index in [-0.39, 0.29) is 23.8 Å². The molecule has 1 unspecified atom stereocenters. The Morgan fingerprint density at radius 1 is 1.23 bits per heavy atom. The maximum Gasteiger partial charge on any atom is 0.325 e. The monoisotopic (exact) mass is 358 g/mol. The normalized spacial score (nSPS) is 23.0. The molecule has 3 rings (SSSR count). The third kappa shape index (κ3) is 4.04. The summed E-state index contributed by atoms with van der Waals surface area (Å²) in [6.07, 6.45) is 1.78. The smallest absolute Gasteiger partial charge is 0.325 e. The number of hydrogen-bond donors (Lipinski definition) is 2. The Kier molecular flexibility index (Phi) is 5.27. The molecule has 26 heavy (non-hydrogen) atoms. The summed E-state index contributed by atoms with van der Waals surface area (Å²) in [7, 11) is 0. The highest BCUT2D eigenvalue weighted by Crippen LogP contribution is 2.20. The molecule has 0 bridgehead atoms. The Hall–Kier alpha value is -2.41. The quantitative estimate of drug-likeness (QED) is 0.785. The van der Waals surface area contributed by atoms with Gasteiger partial charge in [0.15, 0.2) is 0 Å². The van der Waals surface area contributed by atoms with Crippen molar-refractivity contribution in [1.82, 2.24) is 15.1 Å². The number of likely N-dealkylation sites (tertiary alicyclic amines) is 1. The number of nitrogens with zero attached hydrogens (tertiary/aromatic N) is 2. The third-order valence-corrected chi connectivity index (χ3v) is 5.00. The molecule has 0 spiro atoms. The lowest BCUT2D eigenvalue weighted by Crippen LogP contribution is -2.45. The van der Waals surface area contributed by atoms with Crippen molar-refractivity contribution < 1.29 is 14.4 Å². The average Bonchev–Trinajstić information content (AvgIpc) is 2.81. The van der Waals surface area contributed by atoms with E-state index in [1.165, 1.54) is 4.90 Å². The van der Waals surface area contributed by atoms with E-state index in [1.807, 2.05) is 30.3 Å². The minimum Gasteiger partial charge on any atom is -0.326 e. The number of hydrogen-bond acceptors (Lipinski definition) is 4. The van der Waals surface area contributed by atoms with E-state index in [0.717, 1.165) is 25.1 Å². The molecule has 0 aromatic heterocycles. The molecule has 2 saturated heterocycles. The minimum absolute atomic E-state index is 0.0250. The van der Waals surface area contributed by atoms with Gasteiger partial charge in [-0.2, -0.15) is 0 Å². The van der Waals surface area contributed by atoms with Crippen molar-refractivity contribution in [3.63, 3.8) is 0 Å². The maximum absolute atomic E-state index is 12.5. The number of nitrogens with one attached hydrogen (secondary N) is 2. The van der Waals surface area contributed by atoms with Crippen molar-refractivity contribution in [3.05, 3.63) is 30.3 Å². The summed E-state index contributed by atoms with van der Waals surface area (Å²) >= 11 is 0. The molecule has 2 aliphatic heterocycles. The molecule has 1 atom stereocenters. The number of rotatable bonds is 5. The van der Waals surface area contributed by atoms with Crippen molar-refractivity contribution in [3.8, 4) is 0 Å². The van der Waals surface area contributed by atoms with Gasteiger partial charge in [-0.05, 0) is 45.4 Å². The molecule has 7 heteroatoms. The Labute approximate surface area is 153 Å². The highest BCUT2D eigenvalue weighted by atomic mass is 16.2. The first-order valence-electron chi connectivity index (χ1n) is 9.09. The van der Waals surface area contributed by atoms with Crippen LogP contribution in [0.1, 0.15) is 26.7 Å². The number of carbonyl (C=O) groups excluding carboxylic acids is 3. The lowest BCUT2D eigenvalue weighted by atomic mass is 9.97. The number of para-hydroxylation sites is 1. The van der Waals surface area contributed by atoms with Gasteiger partial charge in [-0.25, -0.2) is 4.79 Å². The topological polar surface area (TPSA) is 81.8 Å². The van der Waals surface area contributed by atoms with Gasteiger partial charge in [-0.1, -0.05) is 18.2 Å². The van der Waals surface area contributed by atoms with Crippen molar-refractivity contribution in [2.45, 2.75) is 32.2 Å². The standard InChI is InChI=1S/C19H26N4O3/c1-19(2)17(25)23(18(26)21-19)12-11-22-10-6-7-14(13-22)16(24)20-15-8-4-3-5-9-15/h3-5,8-9,14H,6-7,10-13H2,1-2H3,(H,20,24)(H,21,26). The van der Waals surface area contributed by atoms with Gasteiger partial charge in [0.2, 0.25) is 5.91 Å². The number of amides is 4. The van der Waals surface area contributed by atoms with Gasteiger partial charge in [-0.15, -0.1) is 0 Å². The van der Waals surface area contributed by atoms with Crippen LogP contribution in [0.5, 0.6) is 0 Å². The summed E-state index contributed by atoms with van der Waals surface area (Å²) in [5.74, 6) is -0.251. The van der Waals surface area contributed by atoms with Gasteiger partial charge in [0.05, 0.1) is 5.92 Å². The lowest BCUT2D eigenvalue weighted by molar-refractivity contribution is -0.130. The lowest BCUT2D eigenvalue weighted by Gasteiger charge is -2.32. The first-order chi connectivity index (χ1) is 12.4. The number of carbonyl (C=O) groups is 3. The van der Waals surface area contributed by atoms with Crippen molar-refractivity contribution >= 4 is 23.5 Å². The fourth-order valence-electron chi connectivity index (χ4n) is 3.50. The third-order valence-electron chi connectivity index (χ3n) is 5.00. The summed E-state index contributed by atoms with van der Waals surface area (Å²) in [6.45, 7) is 5.87. The van der Waals surface area contributed by atoms with Crippen LogP contribution in [0.4, 0.5) is 10.5 Å². The fraction of sp³-hybridized carbons (Fsp3) is 0.526.